The molecule has 0 aromatic rings. The standard InChI is InChI=1S/C3H10O4P2.Ca.2H/c1-8(4,5)3-9(2,6)7;;;/h3H2,1-2H3,(H,4,5)(H,6,7);;;. The maximum absolute atomic E-state index is 10.5. The van der Waals surface area contributed by atoms with Crippen LogP contribution in [0.5, 0.6) is 0 Å². The van der Waals surface area contributed by atoms with Gasteiger partial charge in [0.2, 0.25) is 14.7 Å². The van der Waals surface area contributed by atoms with E-state index in [2.05, 4.69) is 0 Å². The summed E-state index contributed by atoms with van der Waals surface area (Å²) in [5.74, 6) is -0.486. The Morgan fingerprint density at radius 2 is 1.30 bits per heavy atom. The maximum atomic E-state index is 10.5. The third kappa shape index (κ3) is 12.3. The molecule has 0 bridgehead atoms. The van der Waals surface area contributed by atoms with Crippen molar-refractivity contribution in [3.63, 3.8) is 0 Å². The van der Waals surface area contributed by atoms with Gasteiger partial charge < -0.3 is 9.79 Å². The fourth-order valence-electron chi connectivity index (χ4n) is 0.487. The van der Waals surface area contributed by atoms with E-state index in [1.54, 1.807) is 0 Å². The van der Waals surface area contributed by atoms with E-state index in [4.69, 9.17) is 9.79 Å². The second kappa shape index (κ2) is 4.61. The van der Waals surface area contributed by atoms with Crippen LogP contribution in [0.4, 0.5) is 0 Å². The number of hydrogen-bond acceptors (Lipinski definition) is 2. The molecule has 0 saturated carbocycles. The van der Waals surface area contributed by atoms with Crippen LogP contribution in [0.3, 0.4) is 0 Å². The summed E-state index contributed by atoms with van der Waals surface area (Å²) < 4.78 is 20.9. The van der Waals surface area contributed by atoms with E-state index in [1.165, 1.54) is 0 Å². The molecule has 0 amide bonds. The van der Waals surface area contributed by atoms with Crippen molar-refractivity contribution < 1.29 is 18.9 Å². The van der Waals surface area contributed by atoms with Gasteiger partial charge in [0.1, 0.15) is 5.90 Å². The van der Waals surface area contributed by atoms with E-state index in [1.807, 2.05) is 0 Å². The van der Waals surface area contributed by atoms with Crippen molar-refractivity contribution in [1.82, 2.24) is 0 Å². The van der Waals surface area contributed by atoms with Crippen LogP contribution >= 0.6 is 14.7 Å². The summed E-state index contributed by atoms with van der Waals surface area (Å²) in [7, 11) is -6.60. The fraction of sp³-hybridized carbons (Fsp3) is 1.00. The van der Waals surface area contributed by atoms with E-state index < -0.39 is 20.6 Å². The third-order valence-electron chi connectivity index (χ3n) is 0.525. The summed E-state index contributed by atoms with van der Waals surface area (Å²) in [6.45, 7) is 2.14. The molecule has 10 heavy (non-hydrogen) atoms. The van der Waals surface area contributed by atoms with Gasteiger partial charge in [-0.25, -0.2) is 0 Å². The van der Waals surface area contributed by atoms with E-state index in [-0.39, 0.29) is 37.7 Å². The van der Waals surface area contributed by atoms with Crippen molar-refractivity contribution >= 4 is 52.5 Å². The van der Waals surface area contributed by atoms with Gasteiger partial charge in [0.25, 0.3) is 0 Å². The monoisotopic (exact) mass is 214 g/mol. The molecule has 7 heteroatoms. The zero-order chi connectivity index (χ0) is 7.71. The van der Waals surface area contributed by atoms with Crippen LogP contribution in [0.2, 0.25) is 0 Å². The molecule has 0 fully saturated rings. The van der Waals surface area contributed by atoms with Gasteiger partial charge in [0.05, 0.1) is 0 Å². The van der Waals surface area contributed by atoms with E-state index in [0.29, 0.717) is 0 Å². The Labute approximate surface area is 89.9 Å². The van der Waals surface area contributed by atoms with Gasteiger partial charge >= 0.3 is 37.7 Å². The normalized spacial score (nSPS) is 22.0. The summed E-state index contributed by atoms with van der Waals surface area (Å²) in [6.07, 6.45) is 0. The number of hydrogen-bond donors (Lipinski definition) is 2. The topological polar surface area (TPSA) is 74.6 Å². The second-order valence-electron chi connectivity index (χ2n) is 2.24. The van der Waals surface area contributed by atoms with E-state index >= 15 is 0 Å². The summed E-state index contributed by atoms with van der Waals surface area (Å²) in [4.78, 5) is 17.2. The van der Waals surface area contributed by atoms with E-state index in [0.717, 1.165) is 13.3 Å². The average Bonchev–Trinajstić information content (AvgIpc) is 1.14. The van der Waals surface area contributed by atoms with Crippen molar-refractivity contribution in [3.8, 4) is 0 Å². The van der Waals surface area contributed by atoms with Crippen LogP contribution in [0.15, 0.2) is 0 Å². The molecular weight excluding hydrogens is 202 g/mol. The quantitative estimate of drug-likeness (QED) is 0.494. The van der Waals surface area contributed by atoms with Gasteiger partial charge in [-0.1, -0.05) is 0 Å². The van der Waals surface area contributed by atoms with E-state index in [9.17, 15) is 9.13 Å². The Balaban J connectivity index is 0. The second-order valence-corrected chi connectivity index (χ2v) is 7.58. The Morgan fingerprint density at radius 1 is 1.10 bits per heavy atom. The molecule has 0 aliphatic carbocycles. The predicted octanol–water partition coefficient (Wildman–Crippen LogP) is -0.172. The Kier molecular flexibility index (Phi) is 6.54. The molecule has 0 aromatic heterocycles. The summed E-state index contributed by atoms with van der Waals surface area (Å²) >= 11 is 0. The molecule has 4 nitrogen and oxygen atoms in total. The molecule has 2 atom stereocenters. The number of rotatable bonds is 2. The molecule has 0 aromatic carbocycles. The Bertz CT molecular complexity index is 159. The molecule has 60 valence electrons. The van der Waals surface area contributed by atoms with Crippen LogP contribution in [0, 0.1) is 0 Å². The summed E-state index contributed by atoms with van der Waals surface area (Å²) in [5.41, 5.74) is 0. The van der Waals surface area contributed by atoms with Gasteiger partial charge in [-0.15, -0.1) is 0 Å². The van der Waals surface area contributed by atoms with Gasteiger partial charge in [0.15, 0.2) is 0 Å². The summed E-state index contributed by atoms with van der Waals surface area (Å²) in [6, 6.07) is 0. The van der Waals surface area contributed by atoms with Crippen molar-refractivity contribution in [2.75, 3.05) is 19.2 Å². The van der Waals surface area contributed by atoms with Gasteiger partial charge in [-0.3, -0.25) is 9.13 Å². The third-order valence-corrected chi connectivity index (χ3v) is 4.72. The first-order chi connectivity index (χ1) is 3.71. The molecule has 0 heterocycles. The van der Waals surface area contributed by atoms with Crippen LogP contribution in [-0.2, 0) is 9.13 Å². The minimum atomic E-state index is -3.30. The summed E-state index contributed by atoms with van der Waals surface area (Å²) in [5, 5.41) is 0. The fourth-order valence-corrected chi connectivity index (χ4v) is 4.38. The molecule has 0 spiro atoms. The van der Waals surface area contributed by atoms with Crippen LogP contribution in [0.1, 0.15) is 0 Å². The molecule has 2 unspecified atom stereocenters. The SMILES string of the molecule is CP(=O)(O)CP(C)(=O)O.[CaH2]. The van der Waals surface area contributed by atoms with Crippen molar-refractivity contribution in [1.29, 1.82) is 0 Å². The Morgan fingerprint density at radius 3 is 1.30 bits per heavy atom. The van der Waals surface area contributed by atoms with Crippen LogP contribution in [0.25, 0.3) is 0 Å². The first kappa shape index (κ1) is 14.2. The minimum absolute atomic E-state index is 0. The van der Waals surface area contributed by atoms with Crippen molar-refractivity contribution in [2.24, 2.45) is 0 Å². The molecule has 0 rings (SSSR count). The molecule has 0 aliphatic rings. The zero-order valence-corrected chi connectivity index (χ0v) is 7.10. The van der Waals surface area contributed by atoms with Gasteiger partial charge in [-0.2, -0.15) is 0 Å². The van der Waals surface area contributed by atoms with Gasteiger partial charge in [-0.05, 0) is 0 Å². The Hall–Kier alpha value is 1.64. The van der Waals surface area contributed by atoms with Crippen molar-refractivity contribution in [2.45, 2.75) is 0 Å². The zero-order valence-electron chi connectivity index (χ0n) is 5.31. The first-order valence-corrected chi connectivity index (χ1v) is 6.88. The van der Waals surface area contributed by atoms with Crippen LogP contribution < -0.4 is 0 Å². The molecular formula is C3H12CaO4P2. The molecule has 0 aliphatic heterocycles. The van der Waals surface area contributed by atoms with Gasteiger partial charge in [0, 0.05) is 13.3 Å². The molecule has 2 N–H and O–H groups in total. The molecule has 0 saturated heterocycles. The first-order valence-electron chi connectivity index (χ1n) is 2.29. The van der Waals surface area contributed by atoms with Crippen LogP contribution in [-0.4, -0.2) is 66.8 Å². The average molecular weight is 214 g/mol. The van der Waals surface area contributed by atoms with Crippen molar-refractivity contribution in [3.05, 3.63) is 0 Å². The predicted molar refractivity (Wildman–Crippen MR) is 44.9 cm³/mol. The molecule has 0 radical (unpaired) electrons.